The Balaban J connectivity index is 1.96. The van der Waals surface area contributed by atoms with E-state index < -0.39 is 15.4 Å². The largest absolute Gasteiger partial charge is 0.382 e. The summed E-state index contributed by atoms with van der Waals surface area (Å²) in [6, 6.07) is 10.6. The fourth-order valence-electron chi connectivity index (χ4n) is 2.00. The minimum atomic E-state index is -3.67. The number of Topliss-reactive ketones (excluding diaryl/α,β-unsaturated/α-hetero) is 1. The molecule has 23 heavy (non-hydrogen) atoms. The highest BCUT2D eigenvalue weighted by molar-refractivity contribution is 7.87. The molecule has 2 rings (SSSR count). The van der Waals surface area contributed by atoms with Gasteiger partial charge in [0, 0.05) is 4.88 Å². The Morgan fingerprint density at radius 1 is 1.17 bits per heavy atom. The van der Waals surface area contributed by atoms with Gasteiger partial charge in [-0.15, -0.1) is 11.3 Å². The number of thiophene rings is 1. The van der Waals surface area contributed by atoms with Crippen LogP contribution in [0.2, 0.25) is 0 Å². The van der Waals surface area contributed by atoms with E-state index in [1.807, 2.05) is 25.1 Å². The second kappa shape index (κ2) is 7.27. The summed E-state index contributed by atoms with van der Waals surface area (Å²) in [5.41, 5.74) is 1.04. The molecule has 1 unspecified atom stereocenters. The number of hydrogen-bond donors (Lipinski definition) is 0. The van der Waals surface area contributed by atoms with Crippen molar-refractivity contribution in [3.8, 4) is 5.75 Å². The van der Waals surface area contributed by atoms with Gasteiger partial charge < -0.3 is 4.18 Å². The molecular weight excluding hydrogens is 332 g/mol. The summed E-state index contributed by atoms with van der Waals surface area (Å²) in [7, 11) is -3.67. The average molecular weight is 352 g/mol. The molecule has 1 aromatic heterocycles. The molecule has 1 aromatic carbocycles. The van der Waals surface area contributed by atoms with Gasteiger partial charge in [-0.1, -0.05) is 17.7 Å². The summed E-state index contributed by atoms with van der Waals surface area (Å²) in [5, 5.41) is -0.619. The molecule has 0 aliphatic heterocycles. The molecule has 0 bridgehead atoms. The molecule has 6 heteroatoms. The van der Waals surface area contributed by atoms with E-state index in [2.05, 4.69) is 0 Å². The third kappa shape index (κ3) is 4.91. The van der Waals surface area contributed by atoms with Crippen LogP contribution in [0.15, 0.2) is 36.4 Å². The molecule has 0 amide bonds. The summed E-state index contributed by atoms with van der Waals surface area (Å²) >= 11 is 1.41. The predicted octanol–water partition coefficient (Wildman–Crippen LogP) is 3.99. The number of benzene rings is 1. The molecule has 1 atom stereocenters. The zero-order valence-electron chi connectivity index (χ0n) is 13.4. The Labute approximate surface area is 141 Å². The highest BCUT2D eigenvalue weighted by Crippen LogP contribution is 2.22. The van der Waals surface area contributed by atoms with Gasteiger partial charge >= 0.3 is 10.1 Å². The van der Waals surface area contributed by atoms with Crippen molar-refractivity contribution in [2.45, 2.75) is 38.9 Å². The molecule has 0 N–H and O–H groups in total. The van der Waals surface area contributed by atoms with Gasteiger partial charge in [-0.05, 0) is 57.9 Å². The van der Waals surface area contributed by atoms with E-state index in [0.717, 1.165) is 10.4 Å². The maximum Gasteiger partial charge on any atom is 0.311 e. The third-order valence-electron chi connectivity index (χ3n) is 3.53. The van der Waals surface area contributed by atoms with Gasteiger partial charge in [0.15, 0.2) is 5.78 Å². The highest BCUT2D eigenvalue weighted by atomic mass is 32.2. The van der Waals surface area contributed by atoms with Gasteiger partial charge in [-0.2, -0.15) is 8.42 Å². The van der Waals surface area contributed by atoms with E-state index in [9.17, 15) is 13.2 Å². The molecule has 0 saturated carbocycles. The quantitative estimate of drug-likeness (QED) is 0.558. The lowest BCUT2D eigenvalue weighted by Gasteiger charge is -2.13. The van der Waals surface area contributed by atoms with Crippen molar-refractivity contribution in [2.24, 2.45) is 0 Å². The zero-order valence-corrected chi connectivity index (χ0v) is 15.0. The van der Waals surface area contributed by atoms with Gasteiger partial charge in [0.25, 0.3) is 0 Å². The SMILES string of the molecule is CC(=O)c1ccc(CCC(C)S(=O)(=O)Oc2ccc(C)cc2)s1. The van der Waals surface area contributed by atoms with Gasteiger partial charge in [-0.25, -0.2) is 0 Å². The van der Waals surface area contributed by atoms with Crippen LogP contribution in [-0.4, -0.2) is 19.5 Å². The van der Waals surface area contributed by atoms with Gasteiger partial charge in [0.2, 0.25) is 0 Å². The normalized spacial score (nSPS) is 12.8. The lowest BCUT2D eigenvalue weighted by molar-refractivity contribution is 0.102. The van der Waals surface area contributed by atoms with E-state index in [-0.39, 0.29) is 5.78 Å². The number of aryl methyl sites for hydroxylation is 2. The predicted molar refractivity (Wildman–Crippen MR) is 92.8 cm³/mol. The first-order chi connectivity index (χ1) is 10.8. The number of hydrogen-bond acceptors (Lipinski definition) is 5. The van der Waals surface area contributed by atoms with Crippen LogP contribution in [0.1, 0.15) is 40.4 Å². The monoisotopic (exact) mass is 352 g/mol. The third-order valence-corrected chi connectivity index (χ3v) is 6.42. The van der Waals surface area contributed by atoms with Gasteiger partial charge in [0.05, 0.1) is 10.1 Å². The van der Waals surface area contributed by atoms with E-state index in [4.69, 9.17) is 4.18 Å². The van der Waals surface area contributed by atoms with Crippen LogP contribution in [0, 0.1) is 6.92 Å². The fourth-order valence-corrected chi connectivity index (χ4v) is 3.87. The molecule has 0 aliphatic rings. The average Bonchev–Trinajstić information content (AvgIpc) is 2.96. The summed E-state index contributed by atoms with van der Waals surface area (Å²) in [6.07, 6.45) is 1.06. The first kappa shape index (κ1) is 17.7. The maximum absolute atomic E-state index is 12.2. The van der Waals surface area contributed by atoms with E-state index in [1.165, 1.54) is 18.3 Å². The molecule has 2 aromatic rings. The van der Waals surface area contributed by atoms with Gasteiger partial charge in [0.1, 0.15) is 5.75 Å². The molecule has 0 radical (unpaired) electrons. The maximum atomic E-state index is 12.2. The van der Waals surface area contributed by atoms with Crippen molar-refractivity contribution in [3.05, 3.63) is 51.7 Å². The highest BCUT2D eigenvalue weighted by Gasteiger charge is 2.23. The summed E-state index contributed by atoms with van der Waals surface area (Å²) in [5.74, 6) is 0.363. The van der Waals surface area contributed by atoms with Crippen LogP contribution >= 0.6 is 11.3 Å². The lowest BCUT2D eigenvalue weighted by Crippen LogP contribution is -2.23. The molecule has 1 heterocycles. The fraction of sp³-hybridized carbons (Fsp3) is 0.353. The number of ketones is 1. The topological polar surface area (TPSA) is 60.4 Å². The lowest BCUT2D eigenvalue weighted by atomic mass is 10.2. The first-order valence-corrected chi connectivity index (χ1v) is 9.66. The van der Waals surface area contributed by atoms with E-state index in [0.29, 0.717) is 23.5 Å². The van der Waals surface area contributed by atoms with Crippen molar-refractivity contribution in [1.29, 1.82) is 0 Å². The minimum Gasteiger partial charge on any atom is -0.382 e. The van der Waals surface area contributed by atoms with Crippen LogP contribution in [0.5, 0.6) is 5.75 Å². The van der Waals surface area contributed by atoms with Crippen LogP contribution in [0.25, 0.3) is 0 Å². The van der Waals surface area contributed by atoms with Crippen molar-refractivity contribution < 1.29 is 17.4 Å². The Bertz CT molecular complexity index is 773. The second-order valence-corrected chi connectivity index (χ2v) is 8.69. The molecule has 0 spiro atoms. The van der Waals surface area contributed by atoms with Crippen LogP contribution < -0.4 is 4.18 Å². The Kier molecular flexibility index (Phi) is 5.59. The van der Waals surface area contributed by atoms with E-state index in [1.54, 1.807) is 25.1 Å². The van der Waals surface area contributed by atoms with Crippen molar-refractivity contribution in [2.75, 3.05) is 0 Å². The first-order valence-electron chi connectivity index (χ1n) is 7.37. The molecular formula is C17H20O4S2. The molecule has 0 saturated heterocycles. The van der Waals surface area contributed by atoms with Crippen LogP contribution in [-0.2, 0) is 16.5 Å². The molecule has 0 fully saturated rings. The van der Waals surface area contributed by atoms with Crippen molar-refractivity contribution in [1.82, 2.24) is 0 Å². The Hall–Kier alpha value is -1.66. The Morgan fingerprint density at radius 3 is 2.39 bits per heavy atom. The minimum absolute atomic E-state index is 0.0321. The van der Waals surface area contributed by atoms with Crippen molar-refractivity contribution in [3.63, 3.8) is 0 Å². The standard InChI is InChI=1S/C17H20O4S2/c1-12-4-7-15(8-5-12)21-23(19,20)13(2)6-9-16-10-11-17(22-16)14(3)18/h4-5,7-8,10-11,13H,6,9H2,1-3H3. The molecule has 0 aliphatic carbocycles. The number of carbonyl (C=O) groups is 1. The van der Waals surface area contributed by atoms with Crippen LogP contribution in [0.4, 0.5) is 0 Å². The van der Waals surface area contributed by atoms with Crippen molar-refractivity contribution >= 4 is 27.2 Å². The summed E-state index contributed by atoms with van der Waals surface area (Å²) < 4.78 is 29.7. The van der Waals surface area contributed by atoms with Gasteiger partial charge in [-0.3, -0.25) is 4.79 Å². The summed E-state index contributed by atoms with van der Waals surface area (Å²) in [6.45, 7) is 5.10. The molecule has 4 nitrogen and oxygen atoms in total. The summed E-state index contributed by atoms with van der Waals surface area (Å²) in [4.78, 5) is 13.0. The van der Waals surface area contributed by atoms with Crippen LogP contribution in [0.3, 0.4) is 0 Å². The van der Waals surface area contributed by atoms with E-state index >= 15 is 0 Å². The number of rotatable bonds is 7. The second-order valence-electron chi connectivity index (χ2n) is 5.56. The Morgan fingerprint density at radius 2 is 1.83 bits per heavy atom. The zero-order chi connectivity index (χ0) is 17.0. The smallest absolute Gasteiger partial charge is 0.311 e. The molecule has 124 valence electrons. The number of carbonyl (C=O) groups excluding carboxylic acids is 1.